The van der Waals surface area contributed by atoms with Gasteiger partial charge in [-0.2, -0.15) is 0 Å². The highest BCUT2D eigenvalue weighted by atomic mass is 16.2. The van der Waals surface area contributed by atoms with Crippen molar-refractivity contribution in [1.82, 2.24) is 10.6 Å². The van der Waals surface area contributed by atoms with Crippen LogP contribution in [0.2, 0.25) is 0 Å². The molecule has 8 bridgehead atoms. The molecule has 0 aromatic heterocycles. The quantitative estimate of drug-likeness (QED) is 0.744. The maximum absolute atomic E-state index is 12.8. The van der Waals surface area contributed by atoms with Gasteiger partial charge in [0, 0.05) is 11.1 Å². The predicted molar refractivity (Wildman–Crippen MR) is 103 cm³/mol. The average Bonchev–Trinajstić information content (AvgIpc) is 2.50. The van der Waals surface area contributed by atoms with Gasteiger partial charge in [0.05, 0.1) is 0 Å². The molecule has 0 radical (unpaired) electrons. The Morgan fingerprint density at radius 1 is 0.556 bits per heavy atom. The molecular formula is C23H34N2O2. The fraction of sp³-hybridized carbons (Fsp3) is 0.913. The number of carbonyl (C=O) groups is 2. The second-order valence-corrected chi connectivity index (χ2v) is 11.7. The van der Waals surface area contributed by atoms with Gasteiger partial charge in [-0.1, -0.05) is 0 Å². The first kappa shape index (κ1) is 16.9. The van der Waals surface area contributed by atoms with E-state index in [4.69, 9.17) is 0 Å². The molecule has 27 heavy (non-hydrogen) atoms. The molecule has 0 saturated heterocycles. The number of hydrogen-bond acceptors (Lipinski definition) is 2. The highest BCUT2D eigenvalue weighted by Crippen LogP contribution is 2.56. The Balaban J connectivity index is 1.08. The molecule has 2 N–H and O–H groups in total. The van der Waals surface area contributed by atoms with Crippen LogP contribution in [0.15, 0.2) is 0 Å². The Kier molecular flexibility index (Phi) is 3.58. The van der Waals surface area contributed by atoms with Crippen LogP contribution >= 0.6 is 0 Å². The fourth-order valence-electron chi connectivity index (χ4n) is 9.35. The molecule has 8 aliphatic rings. The van der Waals surface area contributed by atoms with Crippen molar-refractivity contribution in [2.45, 2.75) is 94.5 Å². The summed E-state index contributed by atoms with van der Waals surface area (Å²) >= 11 is 0. The first-order valence-electron chi connectivity index (χ1n) is 11.6. The van der Waals surface area contributed by atoms with E-state index in [1.54, 1.807) is 0 Å². The van der Waals surface area contributed by atoms with Crippen LogP contribution in [-0.2, 0) is 9.59 Å². The summed E-state index contributed by atoms with van der Waals surface area (Å²) in [5.41, 5.74) is 0.0413. The van der Waals surface area contributed by atoms with Gasteiger partial charge in [0.2, 0.25) is 11.8 Å². The van der Waals surface area contributed by atoms with Crippen LogP contribution in [0.3, 0.4) is 0 Å². The zero-order chi connectivity index (χ0) is 18.2. The summed E-state index contributed by atoms with van der Waals surface area (Å²) in [6.07, 6.45) is 15.2. The molecule has 0 atom stereocenters. The highest BCUT2D eigenvalue weighted by molar-refractivity contribution is 5.97. The van der Waals surface area contributed by atoms with Crippen molar-refractivity contribution >= 4 is 11.8 Å². The summed E-state index contributed by atoms with van der Waals surface area (Å²) in [6.45, 7) is 0. The van der Waals surface area contributed by atoms with Gasteiger partial charge in [0.25, 0.3) is 0 Å². The molecule has 0 aromatic rings. The molecule has 8 rings (SSSR count). The largest absolute Gasteiger partial charge is 0.350 e. The van der Waals surface area contributed by atoms with E-state index in [2.05, 4.69) is 10.6 Å². The molecule has 4 nitrogen and oxygen atoms in total. The van der Waals surface area contributed by atoms with Crippen LogP contribution in [0.25, 0.3) is 0 Å². The van der Waals surface area contributed by atoms with Crippen LogP contribution in [0.4, 0.5) is 0 Å². The third kappa shape index (κ3) is 2.93. The molecular weight excluding hydrogens is 336 g/mol. The standard InChI is InChI=1S/C23H34N2O2/c26-20(24-22-8-14-1-15(9-22)3-16(2-14)10-22)7-21(27)25-23-11-17-4-18(12-23)6-19(5-17)13-23/h14-19H,1-13H2,(H,24,26)(H,25,27). The summed E-state index contributed by atoms with van der Waals surface area (Å²) < 4.78 is 0. The smallest absolute Gasteiger partial charge is 0.229 e. The molecule has 0 spiro atoms. The molecule has 0 heterocycles. The zero-order valence-corrected chi connectivity index (χ0v) is 16.5. The summed E-state index contributed by atoms with van der Waals surface area (Å²) in [5, 5.41) is 6.73. The molecule has 8 saturated carbocycles. The number of rotatable bonds is 4. The maximum atomic E-state index is 12.8. The van der Waals surface area contributed by atoms with Crippen molar-refractivity contribution in [2.75, 3.05) is 0 Å². The van der Waals surface area contributed by atoms with Crippen molar-refractivity contribution in [3.63, 3.8) is 0 Å². The number of amides is 2. The zero-order valence-electron chi connectivity index (χ0n) is 16.5. The van der Waals surface area contributed by atoms with Gasteiger partial charge >= 0.3 is 0 Å². The summed E-state index contributed by atoms with van der Waals surface area (Å²) in [4.78, 5) is 25.5. The minimum atomic E-state index is -0.0285. The van der Waals surface area contributed by atoms with Crippen LogP contribution < -0.4 is 10.6 Å². The SMILES string of the molecule is O=C(CC(=O)NC12CC3CC(CC(C3)C1)C2)NC12CC3CC(CC(C3)C1)C2. The van der Waals surface area contributed by atoms with E-state index in [1.165, 1.54) is 38.5 Å². The van der Waals surface area contributed by atoms with E-state index in [9.17, 15) is 9.59 Å². The lowest BCUT2D eigenvalue weighted by atomic mass is 9.53. The van der Waals surface area contributed by atoms with Crippen molar-refractivity contribution in [1.29, 1.82) is 0 Å². The minimum Gasteiger partial charge on any atom is -0.350 e. The van der Waals surface area contributed by atoms with E-state index >= 15 is 0 Å². The Morgan fingerprint density at radius 3 is 1.07 bits per heavy atom. The molecule has 0 unspecified atom stereocenters. The van der Waals surface area contributed by atoms with E-state index in [0.717, 1.165) is 74.0 Å². The van der Waals surface area contributed by atoms with Gasteiger partial charge in [-0.05, 0) is 113 Å². The summed E-state index contributed by atoms with van der Waals surface area (Å²) in [7, 11) is 0. The Labute approximate surface area is 162 Å². The first-order valence-corrected chi connectivity index (χ1v) is 11.6. The van der Waals surface area contributed by atoms with Crippen LogP contribution in [0.5, 0.6) is 0 Å². The molecule has 0 aliphatic heterocycles. The second kappa shape index (κ2) is 5.73. The fourth-order valence-corrected chi connectivity index (χ4v) is 9.35. The van der Waals surface area contributed by atoms with Crippen molar-refractivity contribution in [3.8, 4) is 0 Å². The van der Waals surface area contributed by atoms with Gasteiger partial charge < -0.3 is 10.6 Å². The number of hydrogen-bond donors (Lipinski definition) is 2. The minimum absolute atomic E-state index is 0.0206. The molecule has 0 aromatic carbocycles. The lowest BCUT2D eigenvalue weighted by molar-refractivity contribution is -0.135. The highest BCUT2D eigenvalue weighted by Gasteiger charge is 2.53. The van der Waals surface area contributed by atoms with Crippen molar-refractivity contribution in [2.24, 2.45) is 35.5 Å². The van der Waals surface area contributed by atoms with Gasteiger partial charge in [0.1, 0.15) is 6.42 Å². The molecule has 8 aliphatic carbocycles. The third-order valence-electron chi connectivity index (χ3n) is 9.21. The van der Waals surface area contributed by atoms with E-state index in [1.807, 2.05) is 0 Å². The van der Waals surface area contributed by atoms with E-state index < -0.39 is 0 Å². The van der Waals surface area contributed by atoms with Crippen LogP contribution in [0, 0.1) is 35.5 Å². The topological polar surface area (TPSA) is 58.2 Å². The van der Waals surface area contributed by atoms with Crippen molar-refractivity contribution < 1.29 is 9.59 Å². The second-order valence-electron chi connectivity index (χ2n) is 11.7. The Morgan fingerprint density at radius 2 is 0.815 bits per heavy atom. The summed E-state index contributed by atoms with van der Waals surface area (Å²) in [5.74, 6) is 4.85. The molecule has 148 valence electrons. The van der Waals surface area contributed by atoms with E-state index in [0.29, 0.717) is 0 Å². The van der Waals surface area contributed by atoms with Crippen LogP contribution in [0.1, 0.15) is 83.5 Å². The third-order valence-corrected chi connectivity index (χ3v) is 9.21. The molecule has 4 heteroatoms. The maximum Gasteiger partial charge on any atom is 0.229 e. The molecule has 2 amide bonds. The molecule has 8 fully saturated rings. The number of nitrogens with one attached hydrogen (secondary N) is 2. The average molecular weight is 371 g/mol. The normalized spacial score (nSPS) is 51.4. The monoisotopic (exact) mass is 370 g/mol. The van der Waals surface area contributed by atoms with Gasteiger partial charge in [-0.25, -0.2) is 0 Å². The summed E-state index contributed by atoms with van der Waals surface area (Å²) in [6, 6.07) is 0. The Hall–Kier alpha value is -1.06. The number of carbonyl (C=O) groups excluding carboxylic acids is 2. The lowest BCUT2D eigenvalue weighted by Gasteiger charge is -2.57. The predicted octanol–water partition coefficient (Wildman–Crippen LogP) is 3.55. The van der Waals surface area contributed by atoms with Crippen LogP contribution in [-0.4, -0.2) is 22.9 Å². The van der Waals surface area contributed by atoms with Gasteiger partial charge in [0.15, 0.2) is 0 Å². The first-order chi connectivity index (χ1) is 13.0. The van der Waals surface area contributed by atoms with Crippen molar-refractivity contribution in [3.05, 3.63) is 0 Å². The lowest BCUT2D eigenvalue weighted by Crippen LogP contribution is -2.61. The van der Waals surface area contributed by atoms with Gasteiger partial charge in [-0.15, -0.1) is 0 Å². The van der Waals surface area contributed by atoms with E-state index in [-0.39, 0.29) is 29.3 Å². The Bertz CT molecular complexity index is 543. The van der Waals surface area contributed by atoms with Gasteiger partial charge in [-0.3, -0.25) is 9.59 Å².